The van der Waals surface area contributed by atoms with Gasteiger partial charge in [-0.1, -0.05) is 42.6 Å². The number of benzene rings is 1. The van der Waals surface area contributed by atoms with Crippen LogP contribution >= 0.6 is 23.4 Å². The molecule has 0 fully saturated rings. The molecule has 0 unspecified atom stereocenters. The molecular weight excluding hydrogens is 240 g/mol. The van der Waals surface area contributed by atoms with Crippen LogP contribution in [-0.2, 0) is 5.75 Å². The Hall–Kier alpha value is -0.180. The van der Waals surface area contributed by atoms with E-state index in [0.717, 1.165) is 23.6 Å². The zero-order valence-corrected chi connectivity index (χ0v) is 11.1. The van der Waals surface area contributed by atoms with Gasteiger partial charge in [0.25, 0.3) is 0 Å². The fourth-order valence-corrected chi connectivity index (χ4v) is 2.77. The molecular formula is C13H19ClOS. The second-order valence-electron chi connectivity index (χ2n) is 3.78. The molecule has 0 saturated carbocycles. The second kappa shape index (κ2) is 8.91. The average molecular weight is 259 g/mol. The van der Waals surface area contributed by atoms with E-state index in [1.54, 1.807) is 0 Å². The van der Waals surface area contributed by atoms with Gasteiger partial charge in [0.1, 0.15) is 0 Å². The largest absolute Gasteiger partial charge is 0.396 e. The van der Waals surface area contributed by atoms with Crippen molar-refractivity contribution < 1.29 is 5.11 Å². The van der Waals surface area contributed by atoms with Crippen LogP contribution in [0.15, 0.2) is 24.3 Å². The van der Waals surface area contributed by atoms with Gasteiger partial charge in [0.2, 0.25) is 0 Å². The number of unbranched alkanes of at least 4 members (excludes halogenated alkanes) is 3. The van der Waals surface area contributed by atoms with E-state index in [0.29, 0.717) is 6.61 Å². The summed E-state index contributed by atoms with van der Waals surface area (Å²) in [6.45, 7) is 0.326. The Morgan fingerprint density at radius 3 is 2.56 bits per heavy atom. The van der Waals surface area contributed by atoms with E-state index in [2.05, 4.69) is 6.07 Å². The molecule has 1 aromatic rings. The highest BCUT2D eigenvalue weighted by molar-refractivity contribution is 7.98. The highest BCUT2D eigenvalue weighted by Gasteiger charge is 1.98. The number of hydrogen-bond donors (Lipinski definition) is 1. The lowest BCUT2D eigenvalue weighted by atomic mass is 10.2. The minimum Gasteiger partial charge on any atom is -0.396 e. The average Bonchev–Trinajstić information content (AvgIpc) is 2.30. The van der Waals surface area contributed by atoms with Crippen molar-refractivity contribution in [1.82, 2.24) is 0 Å². The minimum absolute atomic E-state index is 0.326. The van der Waals surface area contributed by atoms with Gasteiger partial charge in [0.05, 0.1) is 0 Å². The fraction of sp³-hybridized carbons (Fsp3) is 0.538. The Kier molecular flexibility index (Phi) is 7.73. The third kappa shape index (κ3) is 5.78. The van der Waals surface area contributed by atoms with Crippen molar-refractivity contribution in [2.75, 3.05) is 12.4 Å². The van der Waals surface area contributed by atoms with E-state index in [4.69, 9.17) is 16.7 Å². The van der Waals surface area contributed by atoms with Gasteiger partial charge in [-0.2, -0.15) is 11.8 Å². The van der Waals surface area contributed by atoms with E-state index in [9.17, 15) is 0 Å². The van der Waals surface area contributed by atoms with Gasteiger partial charge in [-0.15, -0.1) is 0 Å². The number of halogens is 1. The molecule has 16 heavy (non-hydrogen) atoms. The van der Waals surface area contributed by atoms with Crippen LogP contribution in [0.25, 0.3) is 0 Å². The minimum atomic E-state index is 0.326. The molecule has 0 heterocycles. The van der Waals surface area contributed by atoms with Gasteiger partial charge < -0.3 is 5.11 Å². The van der Waals surface area contributed by atoms with Gasteiger partial charge in [0.15, 0.2) is 0 Å². The van der Waals surface area contributed by atoms with Crippen molar-refractivity contribution >= 4 is 23.4 Å². The first-order valence-electron chi connectivity index (χ1n) is 5.76. The topological polar surface area (TPSA) is 20.2 Å². The van der Waals surface area contributed by atoms with E-state index in [1.165, 1.54) is 24.2 Å². The maximum atomic E-state index is 8.63. The number of thioether (sulfide) groups is 1. The molecule has 0 aliphatic carbocycles. The standard InChI is InChI=1S/C13H19ClOS/c14-13-8-4-3-7-12(13)11-16-10-6-2-1-5-9-15/h3-4,7-8,15H,1-2,5-6,9-11H2. The van der Waals surface area contributed by atoms with Crippen LogP contribution in [0.2, 0.25) is 5.02 Å². The van der Waals surface area contributed by atoms with E-state index < -0.39 is 0 Å². The number of aliphatic hydroxyl groups is 1. The lowest BCUT2D eigenvalue weighted by molar-refractivity contribution is 0.283. The molecule has 0 radical (unpaired) electrons. The summed E-state index contributed by atoms with van der Waals surface area (Å²) in [5, 5.41) is 9.50. The summed E-state index contributed by atoms with van der Waals surface area (Å²) in [6.07, 6.45) is 4.53. The lowest BCUT2D eigenvalue weighted by Gasteiger charge is -2.04. The van der Waals surface area contributed by atoms with Gasteiger partial charge in [-0.05, 0) is 30.2 Å². The van der Waals surface area contributed by atoms with Crippen LogP contribution < -0.4 is 0 Å². The van der Waals surface area contributed by atoms with Crippen LogP contribution in [0.1, 0.15) is 31.2 Å². The van der Waals surface area contributed by atoms with Crippen molar-refractivity contribution in [2.24, 2.45) is 0 Å². The van der Waals surface area contributed by atoms with Crippen molar-refractivity contribution in [3.63, 3.8) is 0 Å². The van der Waals surface area contributed by atoms with E-state index in [1.807, 2.05) is 30.0 Å². The molecule has 1 N–H and O–H groups in total. The number of hydrogen-bond acceptors (Lipinski definition) is 2. The zero-order chi connectivity index (χ0) is 11.6. The molecule has 0 saturated heterocycles. The summed E-state index contributed by atoms with van der Waals surface area (Å²) in [5.41, 5.74) is 1.23. The SMILES string of the molecule is OCCCCCCSCc1ccccc1Cl. The Morgan fingerprint density at radius 1 is 1.06 bits per heavy atom. The summed E-state index contributed by atoms with van der Waals surface area (Å²) < 4.78 is 0. The van der Waals surface area contributed by atoms with Crippen LogP contribution in [-0.4, -0.2) is 17.5 Å². The molecule has 0 aliphatic rings. The predicted molar refractivity (Wildman–Crippen MR) is 73.2 cm³/mol. The molecule has 1 nitrogen and oxygen atoms in total. The predicted octanol–water partition coefficient (Wildman–Crippen LogP) is 4.13. The first-order valence-corrected chi connectivity index (χ1v) is 7.30. The summed E-state index contributed by atoms with van der Waals surface area (Å²) in [5.74, 6) is 2.18. The lowest BCUT2D eigenvalue weighted by Crippen LogP contribution is -1.87. The fourth-order valence-electron chi connectivity index (χ4n) is 1.47. The molecule has 0 spiro atoms. The highest BCUT2D eigenvalue weighted by Crippen LogP contribution is 2.21. The Balaban J connectivity index is 2.05. The summed E-state index contributed by atoms with van der Waals surface area (Å²) in [4.78, 5) is 0. The van der Waals surface area contributed by atoms with Crippen molar-refractivity contribution in [3.8, 4) is 0 Å². The van der Waals surface area contributed by atoms with E-state index in [-0.39, 0.29) is 0 Å². The molecule has 0 amide bonds. The monoisotopic (exact) mass is 258 g/mol. The van der Waals surface area contributed by atoms with Crippen LogP contribution in [0.3, 0.4) is 0 Å². The van der Waals surface area contributed by atoms with Crippen molar-refractivity contribution in [2.45, 2.75) is 31.4 Å². The van der Waals surface area contributed by atoms with Crippen LogP contribution in [0, 0.1) is 0 Å². The Bertz CT molecular complexity index is 291. The highest BCUT2D eigenvalue weighted by atomic mass is 35.5. The molecule has 90 valence electrons. The zero-order valence-electron chi connectivity index (χ0n) is 9.49. The molecule has 0 aliphatic heterocycles. The van der Waals surface area contributed by atoms with Crippen molar-refractivity contribution in [1.29, 1.82) is 0 Å². The van der Waals surface area contributed by atoms with E-state index >= 15 is 0 Å². The summed E-state index contributed by atoms with van der Waals surface area (Å²) in [6, 6.07) is 8.02. The first-order chi connectivity index (χ1) is 7.84. The van der Waals surface area contributed by atoms with Crippen LogP contribution in [0.4, 0.5) is 0 Å². The number of rotatable bonds is 8. The Labute approximate surface area is 107 Å². The molecule has 1 aromatic carbocycles. The molecule has 1 rings (SSSR count). The molecule has 0 bridgehead atoms. The second-order valence-corrected chi connectivity index (χ2v) is 5.29. The molecule has 3 heteroatoms. The molecule has 0 aromatic heterocycles. The maximum Gasteiger partial charge on any atom is 0.0446 e. The van der Waals surface area contributed by atoms with Gasteiger partial charge in [-0.3, -0.25) is 0 Å². The maximum absolute atomic E-state index is 8.63. The normalized spacial score (nSPS) is 10.6. The number of aliphatic hydroxyl groups excluding tert-OH is 1. The summed E-state index contributed by atoms with van der Waals surface area (Å²) in [7, 11) is 0. The smallest absolute Gasteiger partial charge is 0.0446 e. The first kappa shape index (κ1) is 13.9. The van der Waals surface area contributed by atoms with Crippen LogP contribution in [0.5, 0.6) is 0 Å². The Morgan fingerprint density at radius 2 is 1.81 bits per heavy atom. The van der Waals surface area contributed by atoms with Crippen molar-refractivity contribution in [3.05, 3.63) is 34.9 Å². The quantitative estimate of drug-likeness (QED) is 0.708. The van der Waals surface area contributed by atoms with Gasteiger partial charge >= 0.3 is 0 Å². The van der Waals surface area contributed by atoms with Gasteiger partial charge in [0, 0.05) is 17.4 Å². The summed E-state index contributed by atoms with van der Waals surface area (Å²) >= 11 is 8.00. The van der Waals surface area contributed by atoms with Gasteiger partial charge in [-0.25, -0.2) is 0 Å². The molecule has 0 atom stereocenters. The third-order valence-corrected chi connectivity index (χ3v) is 3.87. The third-order valence-electron chi connectivity index (χ3n) is 2.41.